The molecule has 0 fully saturated rings. The number of para-hydroxylation sites is 2. The molecule has 7 nitrogen and oxygen atoms in total. The highest BCUT2D eigenvalue weighted by molar-refractivity contribution is 7.91. The molecule has 0 spiro atoms. The topological polar surface area (TPSA) is 90.9 Å². The number of carbonyl (C=O) groups excluding carboxylic acids is 1. The summed E-state index contributed by atoms with van der Waals surface area (Å²) in [4.78, 5) is 12.3. The Hall–Kier alpha value is -2.74. The Morgan fingerprint density at radius 3 is 2.37 bits per heavy atom. The summed E-state index contributed by atoms with van der Waals surface area (Å²) in [6.45, 7) is 2.30. The van der Waals surface area contributed by atoms with Gasteiger partial charge in [0.25, 0.3) is 0 Å². The molecule has 1 amide bonds. The quantitative estimate of drug-likeness (QED) is 0.704. The molecule has 0 saturated heterocycles. The average Bonchev–Trinajstić information content (AvgIpc) is 2.67. The Kier molecular flexibility index (Phi) is 7.06. The minimum absolute atomic E-state index is 0.0719. The molecule has 0 atom stereocenters. The van der Waals surface area contributed by atoms with E-state index in [2.05, 4.69) is 5.32 Å². The van der Waals surface area contributed by atoms with E-state index in [9.17, 15) is 13.2 Å². The third-order valence-electron chi connectivity index (χ3n) is 3.77. The number of nitrogens with one attached hydrogen (secondary N) is 1. The fourth-order valence-electron chi connectivity index (χ4n) is 2.42. The van der Waals surface area contributed by atoms with Crippen LogP contribution >= 0.6 is 0 Å². The predicted octanol–water partition coefficient (Wildman–Crippen LogP) is 2.91. The van der Waals surface area contributed by atoms with Gasteiger partial charge in [0.1, 0.15) is 5.75 Å². The summed E-state index contributed by atoms with van der Waals surface area (Å²) in [5.74, 6) is 0.545. The highest BCUT2D eigenvalue weighted by Crippen LogP contribution is 2.30. The fraction of sp³-hybridized carbons (Fsp3) is 0.316. The van der Waals surface area contributed by atoms with Gasteiger partial charge in [-0.2, -0.15) is 0 Å². The van der Waals surface area contributed by atoms with Crippen molar-refractivity contribution in [1.29, 1.82) is 0 Å². The summed E-state index contributed by atoms with van der Waals surface area (Å²) in [7, 11) is -0.756. The molecule has 2 aromatic carbocycles. The van der Waals surface area contributed by atoms with E-state index < -0.39 is 15.7 Å². The summed E-state index contributed by atoms with van der Waals surface area (Å²) >= 11 is 0. The molecule has 1 N–H and O–H groups in total. The number of sulfone groups is 1. The van der Waals surface area contributed by atoms with Crippen molar-refractivity contribution >= 4 is 21.4 Å². The molecule has 8 heteroatoms. The molecule has 0 aromatic heterocycles. The van der Waals surface area contributed by atoms with E-state index in [4.69, 9.17) is 14.2 Å². The number of benzene rings is 2. The molecule has 0 saturated carbocycles. The second-order valence-electron chi connectivity index (χ2n) is 5.56. The molecule has 0 radical (unpaired) electrons. The van der Waals surface area contributed by atoms with E-state index in [0.717, 1.165) is 0 Å². The second-order valence-corrected chi connectivity index (χ2v) is 7.67. The zero-order valence-corrected chi connectivity index (χ0v) is 16.3. The third kappa shape index (κ3) is 5.37. The van der Waals surface area contributed by atoms with Crippen molar-refractivity contribution in [3.8, 4) is 17.2 Å². The van der Waals surface area contributed by atoms with E-state index in [0.29, 0.717) is 29.5 Å². The van der Waals surface area contributed by atoms with Crippen molar-refractivity contribution in [3.05, 3.63) is 42.5 Å². The fourth-order valence-corrected chi connectivity index (χ4v) is 3.67. The monoisotopic (exact) mass is 393 g/mol. The first-order valence-electron chi connectivity index (χ1n) is 8.37. The highest BCUT2D eigenvalue weighted by Gasteiger charge is 2.19. The lowest BCUT2D eigenvalue weighted by Gasteiger charge is -2.12. The standard InChI is InChI=1S/C19H23NO6S/c1-4-26-16-8-6-5-7-15(16)20-19(21)11-12-27(22,23)14-9-10-17(24-2)18(13-14)25-3/h5-10,13H,4,11-12H2,1-3H3,(H,20,21). The zero-order chi connectivity index (χ0) is 19.9. The number of hydrogen-bond donors (Lipinski definition) is 1. The van der Waals surface area contributed by atoms with Gasteiger partial charge in [-0.15, -0.1) is 0 Å². The Balaban J connectivity index is 2.06. The lowest BCUT2D eigenvalue weighted by Crippen LogP contribution is -2.18. The lowest BCUT2D eigenvalue weighted by molar-refractivity contribution is -0.115. The normalized spacial score (nSPS) is 10.9. The Morgan fingerprint density at radius 1 is 1.00 bits per heavy atom. The number of ether oxygens (including phenoxy) is 3. The van der Waals surface area contributed by atoms with Gasteiger partial charge in [-0.05, 0) is 31.2 Å². The second kappa shape index (κ2) is 9.27. The van der Waals surface area contributed by atoms with E-state index in [1.807, 2.05) is 6.92 Å². The van der Waals surface area contributed by atoms with E-state index >= 15 is 0 Å². The largest absolute Gasteiger partial charge is 0.493 e. The van der Waals surface area contributed by atoms with Gasteiger partial charge in [0.15, 0.2) is 21.3 Å². The molecule has 0 unspecified atom stereocenters. The number of methoxy groups -OCH3 is 2. The van der Waals surface area contributed by atoms with Crippen LogP contribution in [0.4, 0.5) is 5.69 Å². The van der Waals surface area contributed by atoms with Crippen LogP contribution in [0.2, 0.25) is 0 Å². The molecule has 0 heterocycles. The number of carbonyl (C=O) groups is 1. The molecule has 2 aromatic rings. The van der Waals surface area contributed by atoms with Gasteiger partial charge in [0.05, 0.1) is 37.2 Å². The Labute approximate surface area is 159 Å². The summed E-state index contributed by atoms with van der Waals surface area (Å²) in [6.07, 6.45) is -0.183. The molecule has 0 aliphatic carbocycles. The van der Waals surface area contributed by atoms with Gasteiger partial charge < -0.3 is 19.5 Å². The van der Waals surface area contributed by atoms with Crippen LogP contribution in [0.1, 0.15) is 13.3 Å². The highest BCUT2D eigenvalue weighted by atomic mass is 32.2. The van der Waals surface area contributed by atoms with Crippen LogP contribution in [0.15, 0.2) is 47.4 Å². The summed E-state index contributed by atoms with van der Waals surface area (Å²) in [5, 5.41) is 2.69. The Morgan fingerprint density at radius 2 is 1.70 bits per heavy atom. The van der Waals surface area contributed by atoms with Gasteiger partial charge in [-0.3, -0.25) is 4.79 Å². The molecule has 2 rings (SSSR count). The molecular formula is C19H23NO6S. The van der Waals surface area contributed by atoms with Crippen molar-refractivity contribution < 1.29 is 27.4 Å². The van der Waals surface area contributed by atoms with Gasteiger partial charge in [-0.1, -0.05) is 12.1 Å². The maximum atomic E-state index is 12.5. The van der Waals surface area contributed by atoms with Crippen LogP contribution in [0, 0.1) is 0 Å². The molecule has 0 aliphatic heterocycles. The molecule has 146 valence electrons. The summed E-state index contributed by atoms with van der Waals surface area (Å²) in [5.41, 5.74) is 0.507. The predicted molar refractivity (Wildman–Crippen MR) is 102 cm³/mol. The first-order valence-corrected chi connectivity index (χ1v) is 10.0. The van der Waals surface area contributed by atoms with E-state index in [1.165, 1.54) is 32.4 Å². The van der Waals surface area contributed by atoms with Gasteiger partial charge in [0, 0.05) is 12.5 Å². The molecule has 0 aliphatic rings. The van der Waals surface area contributed by atoms with Crippen LogP contribution in [0.3, 0.4) is 0 Å². The Bertz CT molecular complexity index is 895. The average molecular weight is 393 g/mol. The van der Waals surface area contributed by atoms with Crippen LogP contribution in [-0.4, -0.2) is 40.9 Å². The minimum atomic E-state index is -3.65. The molecular weight excluding hydrogens is 370 g/mol. The third-order valence-corrected chi connectivity index (χ3v) is 5.49. The van der Waals surface area contributed by atoms with Crippen molar-refractivity contribution in [2.75, 3.05) is 31.9 Å². The SMILES string of the molecule is CCOc1ccccc1NC(=O)CCS(=O)(=O)c1ccc(OC)c(OC)c1. The van der Waals surface area contributed by atoms with Crippen molar-refractivity contribution in [3.63, 3.8) is 0 Å². The minimum Gasteiger partial charge on any atom is -0.493 e. The first kappa shape index (κ1) is 20.6. The maximum absolute atomic E-state index is 12.5. The molecule has 0 bridgehead atoms. The van der Waals surface area contributed by atoms with Crippen LogP contribution in [0.25, 0.3) is 0 Å². The number of rotatable bonds is 9. The van der Waals surface area contributed by atoms with Crippen LogP contribution in [-0.2, 0) is 14.6 Å². The van der Waals surface area contributed by atoms with Gasteiger partial charge in [-0.25, -0.2) is 8.42 Å². The van der Waals surface area contributed by atoms with E-state index in [-0.39, 0.29) is 17.1 Å². The van der Waals surface area contributed by atoms with E-state index in [1.54, 1.807) is 24.3 Å². The number of amides is 1. The maximum Gasteiger partial charge on any atom is 0.225 e. The number of hydrogen-bond acceptors (Lipinski definition) is 6. The van der Waals surface area contributed by atoms with Crippen molar-refractivity contribution in [1.82, 2.24) is 0 Å². The summed E-state index contributed by atoms with van der Waals surface area (Å²) in [6, 6.07) is 11.3. The van der Waals surface area contributed by atoms with Crippen LogP contribution in [0.5, 0.6) is 17.2 Å². The van der Waals surface area contributed by atoms with Gasteiger partial charge >= 0.3 is 0 Å². The summed E-state index contributed by atoms with van der Waals surface area (Å²) < 4.78 is 40.7. The van der Waals surface area contributed by atoms with Crippen LogP contribution < -0.4 is 19.5 Å². The van der Waals surface area contributed by atoms with Crippen molar-refractivity contribution in [2.45, 2.75) is 18.2 Å². The zero-order valence-electron chi connectivity index (χ0n) is 15.5. The lowest BCUT2D eigenvalue weighted by atomic mass is 10.3. The van der Waals surface area contributed by atoms with Crippen molar-refractivity contribution in [2.24, 2.45) is 0 Å². The number of anilines is 1. The molecule has 27 heavy (non-hydrogen) atoms. The smallest absolute Gasteiger partial charge is 0.225 e. The first-order chi connectivity index (χ1) is 12.9. The van der Waals surface area contributed by atoms with Gasteiger partial charge in [0.2, 0.25) is 5.91 Å².